The topological polar surface area (TPSA) is 73.3 Å². The fourth-order valence-electron chi connectivity index (χ4n) is 1.67. The highest BCUT2D eigenvalue weighted by molar-refractivity contribution is 7.15. The van der Waals surface area contributed by atoms with Crippen molar-refractivity contribution in [2.24, 2.45) is 0 Å². The standard InChI is InChI=1S/C15H19N3O3S/c1-2-20-11-14-17-18-15(22-14)16-13(19)9-6-10-21-12-7-4-3-5-8-12/h3-5,7-8H,2,6,9-11H2,1H3,(H,16,18,19). The third-order valence-corrected chi connectivity index (χ3v) is 3.52. The summed E-state index contributed by atoms with van der Waals surface area (Å²) < 4.78 is 10.8. The molecule has 0 aliphatic rings. The van der Waals surface area contributed by atoms with Gasteiger partial charge in [-0.05, 0) is 25.5 Å². The Morgan fingerprint density at radius 2 is 2.09 bits per heavy atom. The SMILES string of the molecule is CCOCc1nnc(NC(=O)CCCOc2ccccc2)s1. The monoisotopic (exact) mass is 321 g/mol. The predicted molar refractivity (Wildman–Crippen MR) is 85.0 cm³/mol. The summed E-state index contributed by atoms with van der Waals surface area (Å²) in [6.45, 7) is 3.47. The van der Waals surface area contributed by atoms with Crippen LogP contribution in [0.25, 0.3) is 0 Å². The highest BCUT2D eigenvalue weighted by Crippen LogP contribution is 2.16. The number of rotatable bonds is 9. The average molecular weight is 321 g/mol. The predicted octanol–water partition coefficient (Wildman–Crippen LogP) is 2.87. The van der Waals surface area contributed by atoms with Crippen LogP contribution in [0.1, 0.15) is 24.8 Å². The van der Waals surface area contributed by atoms with E-state index in [0.717, 1.165) is 10.8 Å². The molecule has 0 saturated heterocycles. The summed E-state index contributed by atoms with van der Waals surface area (Å²) in [7, 11) is 0. The Hall–Kier alpha value is -1.99. The zero-order valence-electron chi connectivity index (χ0n) is 12.4. The van der Waals surface area contributed by atoms with Crippen molar-refractivity contribution in [3.8, 4) is 5.75 Å². The fraction of sp³-hybridized carbons (Fsp3) is 0.400. The first-order valence-corrected chi connectivity index (χ1v) is 7.97. The normalized spacial score (nSPS) is 10.4. The molecule has 6 nitrogen and oxygen atoms in total. The third kappa shape index (κ3) is 5.79. The first kappa shape index (κ1) is 16.4. The Balaban J connectivity index is 1.64. The number of ether oxygens (including phenoxy) is 2. The number of nitrogens with zero attached hydrogens (tertiary/aromatic N) is 2. The molecule has 1 heterocycles. The summed E-state index contributed by atoms with van der Waals surface area (Å²) in [4.78, 5) is 11.8. The van der Waals surface area contributed by atoms with Gasteiger partial charge in [0.25, 0.3) is 0 Å². The fourth-order valence-corrected chi connectivity index (χ4v) is 2.37. The summed E-state index contributed by atoms with van der Waals surface area (Å²) in [6, 6.07) is 9.54. The number of aromatic nitrogens is 2. The molecule has 22 heavy (non-hydrogen) atoms. The van der Waals surface area contributed by atoms with E-state index < -0.39 is 0 Å². The number of anilines is 1. The molecule has 0 bridgehead atoms. The van der Waals surface area contributed by atoms with E-state index in [1.165, 1.54) is 11.3 Å². The van der Waals surface area contributed by atoms with Gasteiger partial charge < -0.3 is 14.8 Å². The molecule has 118 valence electrons. The minimum atomic E-state index is -0.0872. The summed E-state index contributed by atoms with van der Waals surface area (Å²) in [6.07, 6.45) is 1.03. The van der Waals surface area contributed by atoms with Crippen LogP contribution in [0.4, 0.5) is 5.13 Å². The van der Waals surface area contributed by atoms with Crippen LogP contribution >= 0.6 is 11.3 Å². The van der Waals surface area contributed by atoms with Crippen LogP contribution in [0.15, 0.2) is 30.3 Å². The summed E-state index contributed by atoms with van der Waals surface area (Å²) >= 11 is 1.33. The van der Waals surface area contributed by atoms with Gasteiger partial charge in [0.05, 0.1) is 6.61 Å². The molecular formula is C15H19N3O3S. The highest BCUT2D eigenvalue weighted by Gasteiger charge is 2.08. The Morgan fingerprint density at radius 3 is 2.86 bits per heavy atom. The largest absolute Gasteiger partial charge is 0.494 e. The Bertz CT molecular complexity index is 574. The number of carbonyl (C=O) groups excluding carboxylic acids is 1. The molecule has 7 heteroatoms. The molecule has 1 aromatic carbocycles. The van der Waals surface area contributed by atoms with Crippen LogP contribution in [0.2, 0.25) is 0 Å². The van der Waals surface area contributed by atoms with Crippen LogP contribution in [0.3, 0.4) is 0 Å². The second-order valence-corrected chi connectivity index (χ2v) is 5.51. The molecule has 0 saturated carbocycles. The van der Waals surface area contributed by atoms with Gasteiger partial charge in [0, 0.05) is 13.0 Å². The Kier molecular flexibility index (Phi) is 6.79. The van der Waals surface area contributed by atoms with Crippen molar-refractivity contribution in [2.75, 3.05) is 18.5 Å². The van der Waals surface area contributed by atoms with Gasteiger partial charge in [0.1, 0.15) is 17.4 Å². The van der Waals surface area contributed by atoms with Crippen LogP contribution in [0, 0.1) is 0 Å². The second-order valence-electron chi connectivity index (χ2n) is 4.45. The number of para-hydroxylation sites is 1. The van der Waals surface area contributed by atoms with Crippen LogP contribution in [0.5, 0.6) is 5.75 Å². The van der Waals surface area contributed by atoms with Crippen molar-refractivity contribution in [2.45, 2.75) is 26.4 Å². The molecule has 0 radical (unpaired) electrons. The van der Waals surface area contributed by atoms with Crippen molar-refractivity contribution < 1.29 is 14.3 Å². The van der Waals surface area contributed by atoms with E-state index in [9.17, 15) is 4.79 Å². The lowest BCUT2D eigenvalue weighted by atomic mass is 10.3. The number of hydrogen-bond donors (Lipinski definition) is 1. The molecule has 0 fully saturated rings. The molecule has 2 rings (SSSR count). The first-order chi connectivity index (χ1) is 10.8. The van der Waals surface area contributed by atoms with Crippen molar-refractivity contribution in [3.05, 3.63) is 35.3 Å². The molecule has 0 atom stereocenters. The smallest absolute Gasteiger partial charge is 0.226 e. The zero-order valence-corrected chi connectivity index (χ0v) is 13.3. The van der Waals surface area contributed by atoms with Gasteiger partial charge in [-0.15, -0.1) is 10.2 Å². The van der Waals surface area contributed by atoms with Gasteiger partial charge >= 0.3 is 0 Å². The lowest BCUT2D eigenvalue weighted by Gasteiger charge is -2.05. The molecule has 2 aromatic rings. The molecule has 0 aliphatic carbocycles. The lowest BCUT2D eigenvalue weighted by Crippen LogP contribution is -2.12. The molecule has 0 unspecified atom stereocenters. The maximum atomic E-state index is 11.8. The molecule has 0 aliphatic heterocycles. The molecule has 1 N–H and O–H groups in total. The van der Waals surface area contributed by atoms with Crippen LogP contribution in [-0.2, 0) is 16.1 Å². The van der Waals surface area contributed by atoms with Crippen LogP contribution < -0.4 is 10.1 Å². The van der Waals surface area contributed by atoms with Crippen molar-refractivity contribution >= 4 is 22.4 Å². The third-order valence-electron chi connectivity index (χ3n) is 2.70. The molecule has 0 spiro atoms. The quantitative estimate of drug-likeness (QED) is 0.719. The lowest BCUT2D eigenvalue weighted by molar-refractivity contribution is -0.116. The van der Waals surface area contributed by atoms with E-state index in [4.69, 9.17) is 9.47 Å². The number of hydrogen-bond acceptors (Lipinski definition) is 6. The van der Waals surface area contributed by atoms with Crippen LogP contribution in [-0.4, -0.2) is 29.3 Å². The van der Waals surface area contributed by atoms with E-state index in [2.05, 4.69) is 15.5 Å². The Morgan fingerprint density at radius 1 is 1.27 bits per heavy atom. The van der Waals surface area contributed by atoms with E-state index in [1.807, 2.05) is 37.3 Å². The van der Waals surface area contributed by atoms with E-state index in [1.54, 1.807) is 0 Å². The van der Waals surface area contributed by atoms with E-state index >= 15 is 0 Å². The maximum Gasteiger partial charge on any atom is 0.226 e. The molecule has 1 amide bonds. The molecular weight excluding hydrogens is 302 g/mol. The molecule has 1 aromatic heterocycles. The highest BCUT2D eigenvalue weighted by atomic mass is 32.1. The van der Waals surface area contributed by atoms with E-state index in [-0.39, 0.29) is 5.91 Å². The summed E-state index contributed by atoms with van der Waals surface area (Å²) in [5, 5.41) is 11.8. The van der Waals surface area contributed by atoms with Gasteiger partial charge in [-0.2, -0.15) is 0 Å². The van der Waals surface area contributed by atoms with Gasteiger partial charge in [0.2, 0.25) is 11.0 Å². The van der Waals surface area contributed by atoms with Gasteiger partial charge in [-0.3, -0.25) is 4.79 Å². The zero-order chi connectivity index (χ0) is 15.6. The number of nitrogens with one attached hydrogen (secondary N) is 1. The minimum absolute atomic E-state index is 0.0872. The second kappa shape index (κ2) is 9.11. The number of benzene rings is 1. The maximum absolute atomic E-state index is 11.8. The first-order valence-electron chi connectivity index (χ1n) is 7.15. The number of amides is 1. The van der Waals surface area contributed by atoms with Gasteiger partial charge in [0.15, 0.2) is 0 Å². The average Bonchev–Trinajstić information content (AvgIpc) is 2.98. The van der Waals surface area contributed by atoms with Crippen molar-refractivity contribution in [1.82, 2.24) is 10.2 Å². The van der Waals surface area contributed by atoms with Crippen molar-refractivity contribution in [1.29, 1.82) is 0 Å². The van der Waals surface area contributed by atoms with E-state index in [0.29, 0.717) is 37.8 Å². The minimum Gasteiger partial charge on any atom is -0.494 e. The van der Waals surface area contributed by atoms with Gasteiger partial charge in [-0.1, -0.05) is 29.5 Å². The number of carbonyl (C=O) groups is 1. The van der Waals surface area contributed by atoms with Gasteiger partial charge in [-0.25, -0.2) is 0 Å². The summed E-state index contributed by atoms with van der Waals surface area (Å²) in [5.74, 6) is 0.725. The van der Waals surface area contributed by atoms with Crippen molar-refractivity contribution in [3.63, 3.8) is 0 Å². The Labute approximate surface area is 133 Å². The summed E-state index contributed by atoms with van der Waals surface area (Å²) in [5.41, 5.74) is 0.